The Morgan fingerprint density at radius 3 is 2.35 bits per heavy atom. The van der Waals surface area contributed by atoms with Crippen LogP contribution in [0, 0.1) is 0 Å². The minimum atomic E-state index is -0.542. The van der Waals surface area contributed by atoms with Crippen LogP contribution in [0.2, 0.25) is 0 Å². The minimum Gasteiger partial charge on any atom is -0.503 e. The van der Waals surface area contributed by atoms with Crippen molar-refractivity contribution in [1.29, 1.82) is 0 Å². The van der Waals surface area contributed by atoms with Crippen molar-refractivity contribution < 1.29 is 28.5 Å². The summed E-state index contributed by atoms with van der Waals surface area (Å²) in [4.78, 5) is 24.3. The van der Waals surface area contributed by atoms with E-state index in [1.54, 1.807) is 66.7 Å². The highest BCUT2D eigenvalue weighted by atomic mass is 16.5. The van der Waals surface area contributed by atoms with Gasteiger partial charge in [0.15, 0.2) is 0 Å². The lowest BCUT2D eigenvalue weighted by molar-refractivity contribution is -0.133. The third kappa shape index (κ3) is 5.73. The molecule has 0 bridgehead atoms. The zero-order valence-electron chi connectivity index (χ0n) is 17.2. The zero-order chi connectivity index (χ0) is 22.1. The van der Waals surface area contributed by atoms with Gasteiger partial charge >= 0.3 is 11.9 Å². The van der Waals surface area contributed by atoms with Gasteiger partial charge in [-0.1, -0.05) is 48.5 Å². The maximum Gasteiger partial charge on any atom is 0.341 e. The normalized spacial score (nSPS) is 10.8. The van der Waals surface area contributed by atoms with Crippen molar-refractivity contribution in [3.8, 4) is 11.5 Å². The first-order chi connectivity index (χ1) is 15.1. The van der Waals surface area contributed by atoms with Crippen LogP contribution < -0.4 is 4.74 Å². The van der Waals surface area contributed by atoms with E-state index >= 15 is 0 Å². The molecule has 0 saturated carbocycles. The van der Waals surface area contributed by atoms with Crippen LogP contribution in [-0.2, 0) is 25.6 Å². The average molecular weight is 418 g/mol. The molecule has 0 saturated heterocycles. The second-order valence-electron chi connectivity index (χ2n) is 6.45. The molecule has 0 atom stereocenters. The van der Waals surface area contributed by atoms with Gasteiger partial charge in [-0.05, 0) is 35.9 Å². The molecule has 0 unspecified atom stereocenters. The fraction of sp³-hybridized carbons (Fsp3) is 0.120. The third-order valence-corrected chi connectivity index (χ3v) is 4.32. The third-order valence-electron chi connectivity index (χ3n) is 4.32. The average Bonchev–Trinajstić information content (AvgIpc) is 2.82. The van der Waals surface area contributed by atoms with Gasteiger partial charge in [-0.2, -0.15) is 0 Å². The summed E-state index contributed by atoms with van der Waals surface area (Å²) in [5, 5.41) is 0. The minimum absolute atomic E-state index is 0.101. The monoisotopic (exact) mass is 418 g/mol. The Morgan fingerprint density at radius 1 is 0.871 bits per heavy atom. The van der Waals surface area contributed by atoms with Gasteiger partial charge in [-0.15, -0.1) is 0 Å². The zero-order valence-corrected chi connectivity index (χ0v) is 17.2. The maximum atomic E-state index is 12.2. The topological polar surface area (TPSA) is 71.1 Å². The van der Waals surface area contributed by atoms with Crippen LogP contribution in [-0.4, -0.2) is 26.2 Å². The van der Waals surface area contributed by atoms with Gasteiger partial charge in [-0.25, -0.2) is 9.59 Å². The molecule has 3 rings (SSSR count). The van der Waals surface area contributed by atoms with E-state index in [1.165, 1.54) is 20.5 Å². The SMILES string of the molecule is COC=C(C(=O)OC)c1ccccc1Oc1cccc(COC(=O)c2ccccc2)c1. The number of esters is 2. The first-order valence-electron chi connectivity index (χ1n) is 9.52. The molecular weight excluding hydrogens is 396 g/mol. The van der Waals surface area contributed by atoms with Crippen molar-refractivity contribution in [2.45, 2.75) is 6.61 Å². The summed E-state index contributed by atoms with van der Waals surface area (Å²) in [7, 11) is 2.75. The van der Waals surface area contributed by atoms with Crippen molar-refractivity contribution in [2.24, 2.45) is 0 Å². The summed E-state index contributed by atoms with van der Waals surface area (Å²) in [5.74, 6) is 0.0427. The molecule has 0 aliphatic rings. The van der Waals surface area contributed by atoms with Crippen LogP contribution in [0.5, 0.6) is 11.5 Å². The molecule has 3 aromatic rings. The van der Waals surface area contributed by atoms with E-state index in [0.29, 0.717) is 22.6 Å². The van der Waals surface area contributed by atoms with E-state index in [0.717, 1.165) is 5.56 Å². The molecule has 0 heterocycles. The van der Waals surface area contributed by atoms with E-state index in [9.17, 15) is 9.59 Å². The van der Waals surface area contributed by atoms with Crippen LogP contribution in [0.3, 0.4) is 0 Å². The number of methoxy groups -OCH3 is 2. The molecule has 0 radical (unpaired) electrons. The van der Waals surface area contributed by atoms with Gasteiger partial charge in [0.25, 0.3) is 0 Å². The van der Waals surface area contributed by atoms with Crippen LogP contribution in [0.15, 0.2) is 85.1 Å². The van der Waals surface area contributed by atoms with Crippen LogP contribution >= 0.6 is 0 Å². The predicted molar refractivity (Wildman–Crippen MR) is 116 cm³/mol. The van der Waals surface area contributed by atoms with Crippen LogP contribution in [0.25, 0.3) is 5.57 Å². The molecule has 0 spiro atoms. The molecular formula is C25H22O6. The molecule has 0 aromatic heterocycles. The van der Waals surface area contributed by atoms with E-state index in [1.807, 2.05) is 12.1 Å². The number of para-hydroxylation sites is 1. The molecule has 0 N–H and O–H groups in total. The first-order valence-corrected chi connectivity index (χ1v) is 9.52. The molecule has 0 amide bonds. The molecule has 3 aromatic carbocycles. The smallest absolute Gasteiger partial charge is 0.341 e. The van der Waals surface area contributed by atoms with Crippen molar-refractivity contribution in [2.75, 3.05) is 14.2 Å². The molecule has 31 heavy (non-hydrogen) atoms. The lowest BCUT2D eigenvalue weighted by atomic mass is 10.1. The summed E-state index contributed by atoms with van der Waals surface area (Å²) in [6.45, 7) is 0.101. The van der Waals surface area contributed by atoms with Crippen molar-refractivity contribution in [3.05, 3.63) is 102 Å². The Balaban J connectivity index is 1.76. The number of carbonyl (C=O) groups is 2. The number of rotatable bonds is 8. The number of hydrogen-bond acceptors (Lipinski definition) is 6. The molecule has 0 aliphatic heterocycles. The molecule has 6 heteroatoms. The van der Waals surface area contributed by atoms with Gasteiger partial charge in [0.1, 0.15) is 23.7 Å². The van der Waals surface area contributed by atoms with Crippen molar-refractivity contribution in [1.82, 2.24) is 0 Å². The summed E-state index contributed by atoms with van der Waals surface area (Å²) in [6.07, 6.45) is 1.31. The van der Waals surface area contributed by atoms with E-state index in [-0.39, 0.29) is 12.2 Å². The number of benzene rings is 3. The molecule has 6 nitrogen and oxygen atoms in total. The molecule has 0 fully saturated rings. The van der Waals surface area contributed by atoms with E-state index < -0.39 is 11.9 Å². The standard InChI is InChI=1S/C25H22O6/c1-28-17-22(25(27)29-2)21-13-6-7-14-23(21)31-20-12-8-9-18(15-20)16-30-24(26)19-10-4-3-5-11-19/h3-15,17H,16H2,1-2H3. The van der Waals surface area contributed by atoms with Crippen LogP contribution in [0.1, 0.15) is 21.5 Å². The van der Waals surface area contributed by atoms with E-state index in [2.05, 4.69) is 0 Å². The highest BCUT2D eigenvalue weighted by Crippen LogP contribution is 2.31. The maximum absolute atomic E-state index is 12.2. The van der Waals surface area contributed by atoms with Gasteiger partial charge in [0.05, 0.1) is 26.0 Å². The summed E-state index contributed by atoms with van der Waals surface area (Å²) >= 11 is 0. The Kier molecular flexibility index (Phi) is 7.43. The summed E-state index contributed by atoms with van der Waals surface area (Å²) < 4.78 is 21.3. The van der Waals surface area contributed by atoms with Crippen molar-refractivity contribution >= 4 is 17.5 Å². The fourth-order valence-electron chi connectivity index (χ4n) is 2.86. The second-order valence-corrected chi connectivity index (χ2v) is 6.45. The van der Waals surface area contributed by atoms with Gasteiger partial charge in [0.2, 0.25) is 0 Å². The van der Waals surface area contributed by atoms with Crippen molar-refractivity contribution in [3.63, 3.8) is 0 Å². The lowest BCUT2D eigenvalue weighted by Gasteiger charge is -2.13. The quantitative estimate of drug-likeness (QED) is 0.291. The number of carbonyl (C=O) groups excluding carboxylic acids is 2. The van der Waals surface area contributed by atoms with E-state index in [4.69, 9.17) is 18.9 Å². The largest absolute Gasteiger partial charge is 0.503 e. The van der Waals surface area contributed by atoms with Gasteiger partial charge in [0, 0.05) is 5.56 Å². The lowest BCUT2D eigenvalue weighted by Crippen LogP contribution is -2.06. The first kappa shape index (κ1) is 21.6. The predicted octanol–water partition coefficient (Wildman–Crippen LogP) is 5.00. The number of hydrogen-bond donors (Lipinski definition) is 0. The Labute approximate surface area is 180 Å². The highest BCUT2D eigenvalue weighted by Gasteiger charge is 2.18. The fourth-order valence-corrected chi connectivity index (χ4v) is 2.86. The van der Waals surface area contributed by atoms with Gasteiger partial charge in [-0.3, -0.25) is 0 Å². The molecule has 158 valence electrons. The molecule has 0 aliphatic carbocycles. The second kappa shape index (κ2) is 10.6. The Hall–Kier alpha value is -4.06. The summed E-state index contributed by atoms with van der Waals surface area (Å²) in [6, 6.07) is 23.0. The Bertz CT molecular complexity index is 1070. The summed E-state index contributed by atoms with van der Waals surface area (Å²) in [5.41, 5.74) is 2.01. The van der Waals surface area contributed by atoms with Crippen LogP contribution in [0.4, 0.5) is 0 Å². The highest BCUT2D eigenvalue weighted by molar-refractivity contribution is 6.17. The van der Waals surface area contributed by atoms with Gasteiger partial charge < -0.3 is 18.9 Å². The number of ether oxygens (including phenoxy) is 4. The Morgan fingerprint density at radius 2 is 1.61 bits per heavy atom.